The smallest absolute Gasteiger partial charge is 0.332 e. The van der Waals surface area contributed by atoms with E-state index in [4.69, 9.17) is 0 Å². The van der Waals surface area contributed by atoms with Crippen LogP contribution in [0.5, 0.6) is 0 Å². The van der Waals surface area contributed by atoms with Gasteiger partial charge in [-0.15, -0.1) is 0 Å². The molecule has 0 fully saturated rings. The van der Waals surface area contributed by atoms with Gasteiger partial charge >= 0.3 is 6.18 Å². The van der Waals surface area contributed by atoms with Gasteiger partial charge in [0, 0.05) is 28.8 Å². The molecule has 1 aromatic heterocycles. The molecule has 5 rings (SSSR count). The summed E-state index contributed by atoms with van der Waals surface area (Å²) in [6.45, 7) is 0.204. The van der Waals surface area contributed by atoms with Gasteiger partial charge in [-0.3, -0.25) is 9.59 Å². The average molecular weight is 564 g/mol. The number of carbonyl (C=O) groups excluding carboxylic acids is 2. The Bertz CT molecular complexity index is 1710. The van der Waals surface area contributed by atoms with Crippen molar-refractivity contribution in [2.24, 2.45) is 0 Å². The number of aromatic nitrogens is 1. The largest absolute Gasteiger partial charge is 0.416 e. The molecule has 2 N–H and O–H groups in total. The Balaban J connectivity index is 1.43. The molecule has 1 heterocycles. The third-order valence-corrected chi connectivity index (χ3v) is 6.42. The van der Waals surface area contributed by atoms with E-state index < -0.39 is 29.3 Å². The molecular formula is C31H22F5N3O2. The monoisotopic (exact) mass is 563 g/mol. The van der Waals surface area contributed by atoms with Gasteiger partial charge < -0.3 is 15.2 Å². The first kappa shape index (κ1) is 27.6. The fraction of sp³-hybridized carbons (Fsp3) is 0.0968. The van der Waals surface area contributed by atoms with Crippen LogP contribution in [-0.4, -0.2) is 16.4 Å². The Kier molecular flexibility index (Phi) is 7.56. The predicted molar refractivity (Wildman–Crippen MR) is 146 cm³/mol. The minimum Gasteiger partial charge on any atom is -0.332 e. The van der Waals surface area contributed by atoms with Crippen LogP contribution < -0.4 is 10.6 Å². The summed E-state index contributed by atoms with van der Waals surface area (Å²) in [5, 5.41) is 6.03. The fourth-order valence-electron chi connectivity index (χ4n) is 4.41. The summed E-state index contributed by atoms with van der Waals surface area (Å²) in [4.78, 5) is 25.9. The van der Waals surface area contributed by atoms with Crippen LogP contribution in [0.2, 0.25) is 0 Å². The predicted octanol–water partition coefficient (Wildman–Crippen LogP) is 7.42. The molecule has 0 aliphatic heterocycles. The van der Waals surface area contributed by atoms with E-state index in [1.54, 1.807) is 41.0 Å². The van der Waals surface area contributed by atoms with Gasteiger partial charge in [0.1, 0.15) is 17.3 Å². The molecule has 208 valence electrons. The number of hydrogen-bond acceptors (Lipinski definition) is 2. The third-order valence-electron chi connectivity index (χ3n) is 6.42. The van der Waals surface area contributed by atoms with Crippen LogP contribution in [0.15, 0.2) is 97.1 Å². The molecule has 0 atom stereocenters. The molecule has 0 bridgehead atoms. The number of alkyl halides is 3. The maximum atomic E-state index is 13.5. The molecule has 2 amide bonds. The third kappa shape index (κ3) is 6.60. The van der Waals surface area contributed by atoms with Crippen LogP contribution in [0.4, 0.5) is 33.3 Å². The van der Waals surface area contributed by atoms with Gasteiger partial charge in [0.15, 0.2) is 0 Å². The highest BCUT2D eigenvalue weighted by atomic mass is 19.4. The number of fused-ring (bicyclic) bond motifs is 1. The lowest BCUT2D eigenvalue weighted by atomic mass is 10.1. The molecular weight excluding hydrogens is 541 g/mol. The van der Waals surface area contributed by atoms with Gasteiger partial charge in [0.05, 0.1) is 12.0 Å². The molecule has 0 unspecified atom stereocenters. The number of nitrogens with one attached hydrogen (secondary N) is 2. The second-order valence-corrected chi connectivity index (χ2v) is 9.40. The number of amides is 2. The van der Waals surface area contributed by atoms with Gasteiger partial charge in [-0.05, 0) is 83.9 Å². The minimum absolute atomic E-state index is 0.0324. The van der Waals surface area contributed by atoms with Crippen molar-refractivity contribution in [2.45, 2.75) is 19.1 Å². The van der Waals surface area contributed by atoms with E-state index >= 15 is 0 Å². The zero-order valence-corrected chi connectivity index (χ0v) is 21.3. The van der Waals surface area contributed by atoms with E-state index in [9.17, 15) is 31.5 Å². The van der Waals surface area contributed by atoms with Crippen molar-refractivity contribution in [3.8, 4) is 0 Å². The van der Waals surface area contributed by atoms with Gasteiger partial charge in [-0.2, -0.15) is 13.2 Å². The number of hydrogen-bond donors (Lipinski definition) is 2. The van der Waals surface area contributed by atoms with Gasteiger partial charge in [-0.1, -0.05) is 24.3 Å². The topological polar surface area (TPSA) is 63.1 Å². The summed E-state index contributed by atoms with van der Waals surface area (Å²) >= 11 is 0. The van der Waals surface area contributed by atoms with Crippen molar-refractivity contribution < 1.29 is 31.5 Å². The molecule has 10 heteroatoms. The first-order valence-electron chi connectivity index (χ1n) is 12.5. The maximum Gasteiger partial charge on any atom is 0.416 e. The first-order chi connectivity index (χ1) is 19.5. The van der Waals surface area contributed by atoms with Crippen LogP contribution in [-0.2, 0) is 23.9 Å². The summed E-state index contributed by atoms with van der Waals surface area (Å²) in [7, 11) is 0. The number of benzene rings is 4. The van der Waals surface area contributed by atoms with Crippen molar-refractivity contribution in [3.63, 3.8) is 0 Å². The minimum atomic E-state index is -4.50. The Labute approximate surface area is 231 Å². The Morgan fingerprint density at radius 2 is 1.27 bits per heavy atom. The highest BCUT2D eigenvalue weighted by molar-refractivity contribution is 6.07. The first-order valence-corrected chi connectivity index (χ1v) is 12.5. The van der Waals surface area contributed by atoms with Crippen molar-refractivity contribution in [2.75, 3.05) is 10.6 Å². The summed E-state index contributed by atoms with van der Waals surface area (Å²) in [5.41, 5.74) is 2.01. The van der Waals surface area contributed by atoms with E-state index in [1.807, 2.05) is 0 Å². The molecule has 0 spiro atoms. The lowest BCUT2D eigenvalue weighted by Gasteiger charge is -2.13. The molecule has 5 nitrogen and oxygen atoms in total. The summed E-state index contributed by atoms with van der Waals surface area (Å²) < 4.78 is 67.1. The number of rotatable bonds is 7. The van der Waals surface area contributed by atoms with E-state index in [0.717, 1.165) is 12.1 Å². The quantitative estimate of drug-likeness (QED) is 0.203. The number of anilines is 2. The van der Waals surface area contributed by atoms with Crippen LogP contribution in [0.3, 0.4) is 0 Å². The molecule has 0 aliphatic rings. The van der Waals surface area contributed by atoms with E-state index in [-0.39, 0.29) is 30.3 Å². The highest BCUT2D eigenvalue weighted by Gasteiger charge is 2.30. The van der Waals surface area contributed by atoms with Crippen molar-refractivity contribution in [1.82, 2.24) is 4.57 Å². The second-order valence-electron chi connectivity index (χ2n) is 9.40. The lowest BCUT2D eigenvalue weighted by molar-refractivity contribution is -0.137. The number of carbonyl (C=O) groups is 2. The van der Waals surface area contributed by atoms with Gasteiger partial charge in [-0.25, -0.2) is 8.78 Å². The zero-order chi connectivity index (χ0) is 29.1. The molecule has 0 aliphatic carbocycles. The van der Waals surface area contributed by atoms with Crippen LogP contribution in [0.25, 0.3) is 10.9 Å². The molecule has 0 saturated heterocycles. The summed E-state index contributed by atoms with van der Waals surface area (Å²) in [6, 6.07) is 22.2. The molecule has 4 aromatic carbocycles. The Morgan fingerprint density at radius 1 is 0.683 bits per heavy atom. The summed E-state index contributed by atoms with van der Waals surface area (Å²) in [6.07, 6.45) is -4.47. The molecule has 0 saturated carbocycles. The maximum absolute atomic E-state index is 13.5. The van der Waals surface area contributed by atoms with Crippen LogP contribution in [0.1, 0.15) is 27.2 Å². The number of halogens is 5. The van der Waals surface area contributed by atoms with Crippen LogP contribution in [0, 0.1) is 11.6 Å². The standard InChI is InChI=1S/C31H22F5N3O2/c32-23-7-1-19(2-8-23)15-29(40)37-26-13-14-27-21(16-26)17-28(39(27)18-20-3-9-24(33)10-4-20)30(41)38-25-11-5-22(6-12-25)31(34,35)36/h1-14,16-17H,15,18H2,(H,37,40)(H,38,41). The van der Waals surface area contributed by atoms with Crippen LogP contribution >= 0.6 is 0 Å². The average Bonchev–Trinajstić information content (AvgIpc) is 3.28. The normalized spacial score (nSPS) is 11.4. The van der Waals surface area contributed by atoms with Crippen molar-refractivity contribution >= 4 is 34.1 Å². The van der Waals surface area contributed by atoms with Crippen molar-refractivity contribution in [3.05, 3.63) is 131 Å². The fourth-order valence-corrected chi connectivity index (χ4v) is 4.41. The van der Waals surface area contributed by atoms with Crippen molar-refractivity contribution in [1.29, 1.82) is 0 Å². The molecule has 0 radical (unpaired) electrons. The lowest BCUT2D eigenvalue weighted by Crippen LogP contribution is -2.17. The van der Waals surface area contributed by atoms with Gasteiger partial charge in [0.25, 0.3) is 5.91 Å². The Morgan fingerprint density at radius 3 is 1.88 bits per heavy atom. The Hall–Kier alpha value is -4.99. The zero-order valence-electron chi connectivity index (χ0n) is 21.3. The molecule has 41 heavy (non-hydrogen) atoms. The second kappa shape index (κ2) is 11.2. The van der Waals surface area contributed by atoms with E-state index in [2.05, 4.69) is 10.6 Å². The highest BCUT2D eigenvalue weighted by Crippen LogP contribution is 2.30. The van der Waals surface area contributed by atoms with E-state index in [1.165, 1.54) is 48.5 Å². The molecule has 5 aromatic rings. The number of nitrogens with zero attached hydrogens (tertiary/aromatic N) is 1. The SMILES string of the molecule is O=C(Cc1ccc(F)cc1)Nc1ccc2c(c1)cc(C(=O)Nc1ccc(C(F)(F)F)cc1)n2Cc1ccc(F)cc1. The van der Waals surface area contributed by atoms with E-state index in [0.29, 0.717) is 27.7 Å². The summed E-state index contributed by atoms with van der Waals surface area (Å²) in [5.74, 6) is -1.69. The van der Waals surface area contributed by atoms with Gasteiger partial charge in [0.2, 0.25) is 5.91 Å².